The van der Waals surface area contributed by atoms with E-state index >= 15 is 0 Å². The van der Waals surface area contributed by atoms with Gasteiger partial charge < -0.3 is 9.74 Å². The highest BCUT2D eigenvalue weighted by molar-refractivity contribution is 5.97. The fourth-order valence-electron chi connectivity index (χ4n) is 4.62. The van der Waals surface area contributed by atoms with Gasteiger partial charge in [0.2, 0.25) is 0 Å². The molecule has 6 rings (SSSR count). The fraction of sp³-hybridized carbons (Fsp3) is 0.435. The number of hydrogen-bond acceptors (Lipinski definition) is 4. The van der Waals surface area contributed by atoms with Crippen LogP contribution >= 0.6 is 0 Å². The normalized spacial score (nSPS) is 21.8. The summed E-state index contributed by atoms with van der Waals surface area (Å²) in [4.78, 5) is 23.4. The van der Waals surface area contributed by atoms with E-state index in [0.29, 0.717) is 0 Å². The lowest BCUT2D eigenvalue weighted by Gasteiger charge is -2.37. The first kappa shape index (κ1) is 17.7. The highest BCUT2D eigenvalue weighted by Gasteiger charge is 2.37. The summed E-state index contributed by atoms with van der Waals surface area (Å²) in [5.41, 5.74) is 3.58. The van der Waals surface area contributed by atoms with E-state index in [1.807, 2.05) is 12.1 Å². The number of hydroxylamine groups is 1. The van der Waals surface area contributed by atoms with Crippen LogP contribution in [-0.2, 0) is 17.8 Å². The molecule has 4 aliphatic heterocycles. The Morgan fingerprint density at radius 3 is 2.54 bits per heavy atom. The highest BCUT2D eigenvalue weighted by atomic mass is 16.7. The Morgan fingerprint density at radius 2 is 1.75 bits per heavy atom. The second-order valence-corrected chi connectivity index (χ2v) is 8.16. The van der Waals surface area contributed by atoms with Crippen LogP contribution in [0.5, 0.6) is 5.75 Å². The molecule has 0 aromatic heterocycles. The molecule has 1 atom stereocenters. The Labute approximate surface area is 166 Å². The van der Waals surface area contributed by atoms with E-state index in [4.69, 9.17) is 4.84 Å². The van der Waals surface area contributed by atoms with E-state index in [2.05, 4.69) is 46.2 Å². The largest absolute Gasteiger partial charge is 0.372 e. The Balaban J connectivity index is 1.07. The molecule has 4 heterocycles. The van der Waals surface area contributed by atoms with E-state index in [9.17, 15) is 4.79 Å². The summed E-state index contributed by atoms with van der Waals surface area (Å²) in [7, 11) is 0. The van der Waals surface area contributed by atoms with Gasteiger partial charge in [0.25, 0.3) is 5.91 Å². The quantitative estimate of drug-likeness (QED) is 0.775. The minimum Gasteiger partial charge on any atom is -0.372 e. The molecule has 0 spiro atoms. The van der Waals surface area contributed by atoms with Crippen LogP contribution in [0, 0.1) is 5.92 Å². The van der Waals surface area contributed by atoms with Crippen molar-refractivity contribution in [2.75, 3.05) is 37.8 Å². The van der Waals surface area contributed by atoms with Crippen molar-refractivity contribution < 1.29 is 9.63 Å². The van der Waals surface area contributed by atoms with Crippen molar-refractivity contribution in [3.8, 4) is 5.75 Å². The predicted molar refractivity (Wildman–Crippen MR) is 109 cm³/mol. The van der Waals surface area contributed by atoms with Crippen LogP contribution < -0.4 is 9.90 Å². The summed E-state index contributed by atoms with van der Waals surface area (Å²) < 4.78 is 0. The number of rotatable bonds is 6. The van der Waals surface area contributed by atoms with Crippen LogP contribution in [0.3, 0.4) is 0 Å². The number of fused-ring (bicyclic) bond motifs is 1. The third-order valence-corrected chi connectivity index (χ3v) is 6.22. The van der Waals surface area contributed by atoms with Gasteiger partial charge in [0.15, 0.2) is 5.75 Å². The van der Waals surface area contributed by atoms with Crippen molar-refractivity contribution in [1.82, 2.24) is 9.80 Å². The van der Waals surface area contributed by atoms with Gasteiger partial charge >= 0.3 is 0 Å². The summed E-state index contributed by atoms with van der Waals surface area (Å²) in [5, 5.41) is 1.52. The lowest BCUT2D eigenvalue weighted by Crippen LogP contribution is -2.47. The summed E-state index contributed by atoms with van der Waals surface area (Å²) in [6.45, 7) is 6.60. The maximum atomic E-state index is 12.7. The van der Waals surface area contributed by atoms with E-state index < -0.39 is 0 Å². The molecule has 0 N–H and O–H groups in total. The third kappa shape index (κ3) is 3.52. The molecule has 5 heteroatoms. The van der Waals surface area contributed by atoms with Crippen LogP contribution in [0.25, 0.3) is 0 Å². The molecule has 4 bridgehead atoms. The van der Waals surface area contributed by atoms with E-state index in [1.54, 1.807) is 0 Å². The molecule has 5 nitrogen and oxygen atoms in total. The molecule has 146 valence electrons. The Morgan fingerprint density at radius 1 is 0.964 bits per heavy atom. The number of carbonyl (C=O) groups is 1. The summed E-state index contributed by atoms with van der Waals surface area (Å²) in [6.07, 6.45) is 2.86. The minimum atomic E-state index is 0.0578. The van der Waals surface area contributed by atoms with E-state index in [0.717, 1.165) is 70.0 Å². The van der Waals surface area contributed by atoms with Gasteiger partial charge in [0.1, 0.15) is 0 Å². The Bertz CT molecular complexity index is 846. The lowest BCUT2D eigenvalue weighted by atomic mass is 9.88. The van der Waals surface area contributed by atoms with Gasteiger partial charge in [-0.2, -0.15) is 0 Å². The fourth-order valence-corrected chi connectivity index (χ4v) is 4.62. The van der Waals surface area contributed by atoms with Gasteiger partial charge in [-0.25, -0.2) is 0 Å². The van der Waals surface area contributed by atoms with Gasteiger partial charge in [0, 0.05) is 38.6 Å². The van der Waals surface area contributed by atoms with Gasteiger partial charge in [-0.1, -0.05) is 30.3 Å². The molecule has 1 saturated heterocycles. The van der Waals surface area contributed by atoms with Crippen molar-refractivity contribution in [3.63, 3.8) is 0 Å². The van der Waals surface area contributed by atoms with Crippen LogP contribution in [0.2, 0.25) is 0 Å². The van der Waals surface area contributed by atoms with Crippen molar-refractivity contribution in [2.24, 2.45) is 5.92 Å². The number of nitrogens with zero attached hydrogens (tertiary/aromatic N) is 3. The van der Waals surface area contributed by atoms with Crippen molar-refractivity contribution >= 4 is 11.6 Å². The molecule has 4 aliphatic rings. The summed E-state index contributed by atoms with van der Waals surface area (Å²) in [5.74, 6) is 0.967. The molecule has 1 fully saturated rings. The maximum absolute atomic E-state index is 12.7. The molecule has 0 aliphatic carbocycles. The monoisotopic (exact) mass is 377 g/mol. The first-order valence-electron chi connectivity index (χ1n) is 10.4. The van der Waals surface area contributed by atoms with Gasteiger partial charge in [0.05, 0.1) is 5.69 Å². The molecule has 28 heavy (non-hydrogen) atoms. The number of carbonyl (C=O) groups excluding carboxylic acids is 1. The first-order valence-corrected chi connectivity index (χ1v) is 10.4. The van der Waals surface area contributed by atoms with Gasteiger partial charge in [-0.05, 0) is 55.1 Å². The molecule has 2 aromatic carbocycles. The number of hydrogen-bond donors (Lipinski definition) is 0. The second-order valence-electron chi connectivity index (χ2n) is 8.16. The molecular weight excluding hydrogens is 350 g/mol. The zero-order chi connectivity index (χ0) is 18.9. The number of amides is 1. The zero-order valence-electron chi connectivity index (χ0n) is 16.2. The van der Waals surface area contributed by atoms with Crippen molar-refractivity contribution in [3.05, 3.63) is 59.7 Å². The first-order chi connectivity index (χ1) is 13.8. The SMILES string of the molecule is O=C1C(CCCN2CCN(Cc3ccccc3)CC2)Cc2cc3ccc2N1O3. The van der Waals surface area contributed by atoms with Gasteiger partial charge in [-0.15, -0.1) is 5.06 Å². The highest BCUT2D eigenvalue weighted by Crippen LogP contribution is 2.39. The van der Waals surface area contributed by atoms with Crippen LogP contribution in [0.1, 0.15) is 24.0 Å². The predicted octanol–water partition coefficient (Wildman–Crippen LogP) is 3.10. The topological polar surface area (TPSA) is 36.0 Å². The van der Waals surface area contributed by atoms with Crippen LogP contribution in [0.4, 0.5) is 5.69 Å². The van der Waals surface area contributed by atoms with Crippen molar-refractivity contribution in [2.45, 2.75) is 25.8 Å². The smallest absolute Gasteiger partial charge is 0.263 e. The molecule has 1 amide bonds. The van der Waals surface area contributed by atoms with E-state index in [1.165, 1.54) is 16.2 Å². The summed E-state index contributed by atoms with van der Waals surface area (Å²) >= 11 is 0. The van der Waals surface area contributed by atoms with Crippen molar-refractivity contribution in [1.29, 1.82) is 0 Å². The number of piperazine rings is 1. The second kappa shape index (κ2) is 7.57. The Hall–Kier alpha value is -2.37. The molecule has 1 unspecified atom stereocenters. The van der Waals surface area contributed by atoms with E-state index in [-0.39, 0.29) is 11.8 Å². The Kier molecular flexibility index (Phi) is 4.79. The molecule has 0 radical (unpaired) electrons. The van der Waals surface area contributed by atoms with Crippen LogP contribution in [-0.4, -0.2) is 48.4 Å². The standard InChI is InChI=1S/C23H27N3O2/c27-23-19(15-20-16-21-8-9-22(20)26(23)28-21)7-4-10-24-11-13-25(14-12-24)17-18-5-2-1-3-6-18/h1-3,5-6,8-9,16,19H,4,7,10-15,17H2. The molecule has 2 aromatic rings. The van der Waals surface area contributed by atoms with Crippen LogP contribution in [0.15, 0.2) is 48.5 Å². The third-order valence-electron chi connectivity index (χ3n) is 6.22. The number of benzene rings is 2. The van der Waals surface area contributed by atoms with Gasteiger partial charge in [-0.3, -0.25) is 9.69 Å². The minimum absolute atomic E-state index is 0.0578. The average molecular weight is 377 g/mol. The zero-order valence-corrected chi connectivity index (χ0v) is 16.2. The molecular formula is C23H27N3O2. The lowest BCUT2D eigenvalue weighted by molar-refractivity contribution is -0.127. The number of anilines is 1. The molecule has 0 saturated carbocycles. The average Bonchev–Trinajstić information content (AvgIpc) is 2.74. The maximum Gasteiger partial charge on any atom is 0.263 e. The summed E-state index contributed by atoms with van der Waals surface area (Å²) in [6, 6.07) is 16.7.